The van der Waals surface area contributed by atoms with Gasteiger partial charge in [0.2, 0.25) is 0 Å². The van der Waals surface area contributed by atoms with Gasteiger partial charge in [-0.25, -0.2) is 14.8 Å². The zero-order chi connectivity index (χ0) is 20.9. The summed E-state index contributed by atoms with van der Waals surface area (Å²) in [5.41, 5.74) is 3.91. The van der Waals surface area contributed by atoms with Crippen LogP contribution in [0.4, 0.5) is 10.5 Å². The van der Waals surface area contributed by atoms with Crippen LogP contribution in [0.5, 0.6) is 0 Å². The highest BCUT2D eigenvalue weighted by Crippen LogP contribution is 2.35. The van der Waals surface area contributed by atoms with Crippen molar-refractivity contribution in [2.24, 2.45) is 0 Å². The molecule has 3 aromatic heterocycles. The Labute approximate surface area is 183 Å². The largest absolute Gasteiger partial charge is 0.322 e. The van der Waals surface area contributed by atoms with Gasteiger partial charge < -0.3 is 10.2 Å². The minimum absolute atomic E-state index is 0.212. The number of nitrogens with one attached hydrogen (secondary N) is 1. The van der Waals surface area contributed by atoms with E-state index in [2.05, 4.69) is 24.5 Å². The Hall–Kier alpha value is -3.29. The maximum Gasteiger partial charge on any atom is 0.322 e. The molecule has 0 saturated carbocycles. The van der Waals surface area contributed by atoms with Crippen molar-refractivity contribution in [3.63, 3.8) is 0 Å². The van der Waals surface area contributed by atoms with Crippen LogP contribution in [0.3, 0.4) is 0 Å². The second-order valence-corrected chi connectivity index (χ2v) is 8.39. The Morgan fingerprint density at radius 2 is 1.53 bits per heavy atom. The van der Waals surface area contributed by atoms with Gasteiger partial charge in [0.25, 0.3) is 0 Å². The molecule has 0 radical (unpaired) electrons. The highest BCUT2D eigenvalue weighted by atomic mass is 32.1. The Balaban J connectivity index is 1.72. The minimum Gasteiger partial charge on any atom is -0.317 e. The molecule has 150 valence electrons. The first-order chi connectivity index (χ1) is 14.7. The summed E-state index contributed by atoms with van der Waals surface area (Å²) in [6, 6.07) is 13.5. The summed E-state index contributed by atoms with van der Waals surface area (Å²) >= 11 is 3.28. The Bertz CT molecular complexity index is 1170. The maximum absolute atomic E-state index is 12.6. The molecule has 0 aliphatic carbocycles. The number of hydrogen-bond donors (Lipinski definition) is 1. The van der Waals surface area contributed by atoms with Crippen LogP contribution < -0.4 is 5.32 Å². The van der Waals surface area contributed by atoms with Crippen molar-refractivity contribution in [2.45, 2.75) is 0 Å². The fourth-order valence-electron chi connectivity index (χ4n) is 3.06. The van der Waals surface area contributed by atoms with Gasteiger partial charge >= 0.3 is 6.03 Å². The number of benzene rings is 1. The molecule has 0 unspecified atom stereocenters. The molecule has 0 atom stereocenters. The van der Waals surface area contributed by atoms with Crippen LogP contribution in [0.2, 0.25) is 0 Å². The summed E-state index contributed by atoms with van der Waals surface area (Å²) in [5, 5.41) is 7.00. The predicted molar refractivity (Wildman–Crippen MR) is 127 cm³/mol. The third-order valence-corrected chi connectivity index (χ3v) is 6.16. The normalized spacial score (nSPS) is 10.7. The second-order valence-electron chi connectivity index (χ2n) is 6.49. The Morgan fingerprint density at radius 1 is 0.933 bits per heavy atom. The van der Waals surface area contributed by atoms with E-state index in [0.717, 1.165) is 32.2 Å². The van der Waals surface area contributed by atoms with E-state index in [4.69, 9.17) is 9.97 Å². The molecule has 0 aliphatic rings. The first-order valence-electron chi connectivity index (χ1n) is 9.37. The zero-order valence-corrected chi connectivity index (χ0v) is 17.9. The third kappa shape index (κ3) is 4.17. The lowest BCUT2D eigenvalue weighted by atomic mass is 10.2. The SMILES string of the molecule is C=CCN(CC=C)C(=O)Nc1ccc2nc(-c3cccs3)c(-c3cccs3)nc2c1. The fraction of sp³-hybridized carbons (Fsp3) is 0.0870. The van der Waals surface area contributed by atoms with E-state index in [1.807, 2.05) is 47.2 Å². The lowest BCUT2D eigenvalue weighted by Crippen LogP contribution is -2.35. The van der Waals surface area contributed by atoms with Gasteiger partial charge in [-0.3, -0.25) is 0 Å². The topological polar surface area (TPSA) is 58.1 Å². The maximum atomic E-state index is 12.6. The van der Waals surface area contributed by atoms with E-state index in [1.165, 1.54) is 0 Å². The summed E-state index contributed by atoms with van der Waals surface area (Å²) in [4.78, 5) is 26.1. The van der Waals surface area contributed by atoms with Gasteiger partial charge in [0.15, 0.2) is 0 Å². The van der Waals surface area contributed by atoms with Crippen LogP contribution in [-0.2, 0) is 0 Å². The van der Waals surface area contributed by atoms with Crippen LogP contribution in [0.25, 0.3) is 32.2 Å². The fourth-order valence-corrected chi connectivity index (χ4v) is 4.49. The van der Waals surface area contributed by atoms with Crippen LogP contribution in [0.15, 0.2) is 78.5 Å². The van der Waals surface area contributed by atoms with Crippen LogP contribution in [0, 0.1) is 0 Å². The summed E-state index contributed by atoms with van der Waals surface area (Å²) < 4.78 is 0. The molecule has 0 aliphatic heterocycles. The zero-order valence-electron chi connectivity index (χ0n) is 16.2. The molecule has 0 saturated heterocycles. The molecule has 1 N–H and O–H groups in total. The molecule has 1 aromatic carbocycles. The number of hydrogen-bond acceptors (Lipinski definition) is 5. The van der Waals surface area contributed by atoms with Crippen LogP contribution >= 0.6 is 22.7 Å². The number of anilines is 1. The number of carbonyl (C=O) groups is 1. The van der Waals surface area contributed by atoms with Crippen LogP contribution in [-0.4, -0.2) is 34.0 Å². The van der Waals surface area contributed by atoms with Crippen molar-refractivity contribution in [3.8, 4) is 21.1 Å². The van der Waals surface area contributed by atoms with Gasteiger partial charge in [0.05, 0.1) is 20.8 Å². The van der Waals surface area contributed by atoms with E-state index in [1.54, 1.807) is 39.7 Å². The second kappa shape index (κ2) is 9.02. The monoisotopic (exact) mass is 432 g/mol. The van der Waals surface area contributed by atoms with Gasteiger partial charge in [0.1, 0.15) is 11.4 Å². The molecule has 0 bridgehead atoms. The number of rotatable bonds is 7. The lowest BCUT2D eigenvalue weighted by molar-refractivity contribution is 0.222. The van der Waals surface area contributed by atoms with Crippen molar-refractivity contribution >= 4 is 45.4 Å². The molecular formula is C23H20N4OS2. The van der Waals surface area contributed by atoms with E-state index in [-0.39, 0.29) is 6.03 Å². The van der Waals surface area contributed by atoms with Crippen molar-refractivity contribution in [1.82, 2.24) is 14.9 Å². The molecule has 4 aromatic rings. The molecule has 5 nitrogen and oxygen atoms in total. The summed E-state index contributed by atoms with van der Waals surface area (Å²) in [5.74, 6) is 0. The van der Waals surface area contributed by atoms with E-state index in [9.17, 15) is 4.79 Å². The molecule has 2 amide bonds. The highest BCUT2D eigenvalue weighted by Gasteiger charge is 2.16. The first-order valence-corrected chi connectivity index (χ1v) is 11.1. The summed E-state index contributed by atoms with van der Waals surface area (Å²) in [6.07, 6.45) is 3.38. The quantitative estimate of drug-likeness (QED) is 0.349. The van der Waals surface area contributed by atoms with Gasteiger partial charge in [-0.05, 0) is 41.1 Å². The third-order valence-electron chi connectivity index (χ3n) is 4.41. The number of amides is 2. The summed E-state index contributed by atoms with van der Waals surface area (Å²) in [6.45, 7) is 8.29. The average Bonchev–Trinajstić information content (AvgIpc) is 3.47. The van der Waals surface area contributed by atoms with Crippen molar-refractivity contribution in [3.05, 3.63) is 78.5 Å². The van der Waals surface area contributed by atoms with Crippen LogP contribution in [0.1, 0.15) is 0 Å². The number of carbonyl (C=O) groups excluding carboxylic acids is 1. The van der Waals surface area contributed by atoms with E-state index >= 15 is 0 Å². The van der Waals surface area contributed by atoms with Crippen molar-refractivity contribution < 1.29 is 4.79 Å². The number of thiophene rings is 2. The summed E-state index contributed by atoms with van der Waals surface area (Å²) in [7, 11) is 0. The van der Waals surface area contributed by atoms with Gasteiger partial charge in [-0.1, -0.05) is 24.3 Å². The molecule has 7 heteroatoms. The standard InChI is InChI=1S/C23H20N4OS2/c1-3-11-27(12-4-2)23(28)24-16-9-10-17-18(15-16)26-22(20-8-6-14-30-20)21(25-17)19-7-5-13-29-19/h3-10,13-15H,1-2,11-12H2,(H,24,28). The number of nitrogens with zero attached hydrogens (tertiary/aromatic N) is 3. The smallest absolute Gasteiger partial charge is 0.317 e. The highest BCUT2D eigenvalue weighted by molar-refractivity contribution is 7.14. The molecule has 0 fully saturated rings. The minimum atomic E-state index is -0.212. The molecule has 3 heterocycles. The number of fused-ring (bicyclic) bond motifs is 1. The molecule has 4 rings (SSSR count). The average molecular weight is 433 g/mol. The number of aromatic nitrogens is 2. The van der Waals surface area contributed by atoms with Gasteiger partial charge in [-0.15, -0.1) is 35.8 Å². The van der Waals surface area contributed by atoms with Crippen molar-refractivity contribution in [2.75, 3.05) is 18.4 Å². The first kappa shape index (κ1) is 20.0. The Kier molecular flexibility index (Phi) is 6.02. The number of urea groups is 1. The molecular weight excluding hydrogens is 412 g/mol. The van der Waals surface area contributed by atoms with Gasteiger partial charge in [-0.2, -0.15) is 0 Å². The van der Waals surface area contributed by atoms with E-state index in [0.29, 0.717) is 18.8 Å². The van der Waals surface area contributed by atoms with Crippen molar-refractivity contribution in [1.29, 1.82) is 0 Å². The van der Waals surface area contributed by atoms with Gasteiger partial charge in [0, 0.05) is 18.8 Å². The lowest BCUT2D eigenvalue weighted by Gasteiger charge is -2.20. The van der Waals surface area contributed by atoms with E-state index < -0.39 is 0 Å². The molecule has 30 heavy (non-hydrogen) atoms. The predicted octanol–water partition coefficient (Wildman–Crippen LogP) is 6.29. The molecule has 0 spiro atoms. The Morgan fingerprint density at radius 3 is 2.07 bits per heavy atom.